The normalized spacial score (nSPS) is 23.7. The Morgan fingerprint density at radius 3 is 2.52 bits per heavy atom. The van der Waals surface area contributed by atoms with Crippen molar-refractivity contribution in [1.29, 1.82) is 0 Å². The van der Waals surface area contributed by atoms with Gasteiger partial charge in [-0.1, -0.05) is 11.6 Å². The van der Waals surface area contributed by atoms with Gasteiger partial charge in [-0.2, -0.15) is 4.31 Å². The van der Waals surface area contributed by atoms with Crippen molar-refractivity contribution in [3.63, 3.8) is 0 Å². The molecular weight excluding hydrogens is 362 g/mol. The maximum atomic E-state index is 13.4. The lowest BCUT2D eigenvalue weighted by molar-refractivity contribution is 0.234. The van der Waals surface area contributed by atoms with Gasteiger partial charge in [-0.25, -0.2) is 12.8 Å². The van der Waals surface area contributed by atoms with Gasteiger partial charge in [0.15, 0.2) is 0 Å². The largest absolute Gasteiger partial charge is 0.314 e. The van der Waals surface area contributed by atoms with Crippen LogP contribution in [0.5, 0.6) is 0 Å². The minimum atomic E-state index is -3.72. The Morgan fingerprint density at radius 1 is 1.22 bits per heavy atom. The third-order valence-electron chi connectivity index (χ3n) is 4.68. The zero-order valence-corrected chi connectivity index (χ0v) is 15.1. The van der Waals surface area contributed by atoms with Crippen LogP contribution >= 0.6 is 24.0 Å². The molecule has 2 aliphatic heterocycles. The van der Waals surface area contributed by atoms with Gasteiger partial charge in [-0.3, -0.25) is 0 Å². The number of nitrogens with zero attached hydrogens (tertiary/aromatic N) is 1. The topological polar surface area (TPSA) is 49.4 Å². The number of rotatable bonds is 3. The molecule has 1 atom stereocenters. The lowest BCUT2D eigenvalue weighted by Crippen LogP contribution is -2.43. The summed E-state index contributed by atoms with van der Waals surface area (Å²) in [5, 5.41) is 3.56. The molecule has 3 rings (SSSR count). The van der Waals surface area contributed by atoms with E-state index in [9.17, 15) is 12.8 Å². The second-order valence-electron chi connectivity index (χ2n) is 6.02. The molecule has 23 heavy (non-hydrogen) atoms. The quantitative estimate of drug-likeness (QED) is 0.873. The van der Waals surface area contributed by atoms with Gasteiger partial charge in [0.2, 0.25) is 10.0 Å². The van der Waals surface area contributed by atoms with Gasteiger partial charge >= 0.3 is 0 Å². The highest BCUT2D eigenvalue weighted by Gasteiger charge is 2.34. The second-order valence-corrected chi connectivity index (χ2v) is 8.33. The molecule has 2 heterocycles. The molecule has 0 spiro atoms. The predicted molar refractivity (Wildman–Crippen MR) is 91.2 cm³/mol. The van der Waals surface area contributed by atoms with Crippen LogP contribution in [0.1, 0.15) is 25.7 Å². The van der Waals surface area contributed by atoms with E-state index in [0.717, 1.165) is 25.5 Å². The van der Waals surface area contributed by atoms with Crippen LogP contribution in [0.2, 0.25) is 5.02 Å². The molecule has 2 saturated heterocycles. The molecule has 0 aliphatic carbocycles. The lowest BCUT2D eigenvalue weighted by Gasteiger charge is -2.34. The Balaban J connectivity index is 0.00000192. The highest BCUT2D eigenvalue weighted by molar-refractivity contribution is 7.89. The van der Waals surface area contributed by atoms with Gasteiger partial charge in [-0.05, 0) is 56.3 Å². The maximum Gasteiger partial charge on any atom is 0.244 e. The van der Waals surface area contributed by atoms with Crippen molar-refractivity contribution < 1.29 is 12.8 Å². The van der Waals surface area contributed by atoms with Crippen LogP contribution in [-0.2, 0) is 10.0 Å². The smallest absolute Gasteiger partial charge is 0.244 e. The Labute approximate surface area is 147 Å². The maximum absolute atomic E-state index is 13.4. The summed E-state index contributed by atoms with van der Waals surface area (Å²) in [4.78, 5) is -0.133. The molecule has 8 heteroatoms. The van der Waals surface area contributed by atoms with Crippen molar-refractivity contribution in [3.8, 4) is 0 Å². The summed E-state index contributed by atoms with van der Waals surface area (Å²) in [6.07, 6.45) is 4.04. The number of sulfonamides is 1. The van der Waals surface area contributed by atoms with Gasteiger partial charge in [0.1, 0.15) is 10.7 Å². The van der Waals surface area contributed by atoms with Crippen molar-refractivity contribution in [1.82, 2.24) is 9.62 Å². The van der Waals surface area contributed by atoms with E-state index >= 15 is 0 Å². The van der Waals surface area contributed by atoms with Crippen LogP contribution in [0.3, 0.4) is 0 Å². The fourth-order valence-electron chi connectivity index (χ4n) is 3.45. The molecule has 1 aromatic rings. The molecule has 2 fully saturated rings. The minimum absolute atomic E-state index is 0. The molecule has 1 aromatic carbocycles. The van der Waals surface area contributed by atoms with E-state index in [1.54, 1.807) is 0 Å². The molecule has 1 unspecified atom stereocenters. The van der Waals surface area contributed by atoms with E-state index in [0.29, 0.717) is 25.0 Å². The number of hydrogen-bond donors (Lipinski definition) is 1. The SMILES string of the molecule is Cl.O=S(=O)(c1cc(F)ccc1Cl)N1CCC(C2CCCN2)CC1. The Hall–Kier alpha value is -0.400. The summed E-state index contributed by atoms with van der Waals surface area (Å²) in [7, 11) is -3.72. The van der Waals surface area contributed by atoms with Crippen LogP contribution in [0.15, 0.2) is 23.1 Å². The zero-order chi connectivity index (χ0) is 15.7. The number of piperidine rings is 1. The van der Waals surface area contributed by atoms with Crippen molar-refractivity contribution in [3.05, 3.63) is 29.0 Å². The van der Waals surface area contributed by atoms with E-state index in [-0.39, 0.29) is 22.3 Å². The van der Waals surface area contributed by atoms with E-state index in [1.807, 2.05) is 0 Å². The van der Waals surface area contributed by atoms with Gasteiger partial charge < -0.3 is 5.32 Å². The van der Waals surface area contributed by atoms with Crippen molar-refractivity contribution in [2.45, 2.75) is 36.6 Å². The highest BCUT2D eigenvalue weighted by Crippen LogP contribution is 2.31. The molecular formula is C15H21Cl2FN2O2S. The summed E-state index contributed by atoms with van der Waals surface area (Å²) < 4.78 is 40.1. The molecule has 0 radical (unpaired) electrons. The van der Waals surface area contributed by atoms with Crippen LogP contribution in [-0.4, -0.2) is 38.4 Å². The third-order valence-corrected chi connectivity index (χ3v) is 7.06. The first-order valence-corrected chi connectivity index (χ1v) is 9.49. The van der Waals surface area contributed by atoms with Crippen LogP contribution in [0.4, 0.5) is 4.39 Å². The molecule has 4 nitrogen and oxygen atoms in total. The summed E-state index contributed by atoms with van der Waals surface area (Å²) in [5.74, 6) is -0.0649. The molecule has 0 bridgehead atoms. The second kappa shape index (κ2) is 7.66. The molecule has 0 saturated carbocycles. The minimum Gasteiger partial charge on any atom is -0.314 e. The monoisotopic (exact) mass is 382 g/mol. The predicted octanol–water partition coefficient (Wildman–Crippen LogP) is 3.05. The lowest BCUT2D eigenvalue weighted by atomic mass is 9.89. The Kier molecular flexibility index (Phi) is 6.30. The standard InChI is InChI=1S/C15H20ClFN2O2S.ClH/c16-13-4-3-12(17)10-15(13)22(20,21)19-8-5-11(6-9-19)14-2-1-7-18-14;/h3-4,10-11,14,18H,1-2,5-9H2;1H. The van der Waals surface area contributed by atoms with Gasteiger partial charge in [0.05, 0.1) is 5.02 Å². The summed E-state index contributed by atoms with van der Waals surface area (Å²) in [6, 6.07) is 3.98. The van der Waals surface area contributed by atoms with Gasteiger partial charge in [0, 0.05) is 19.1 Å². The summed E-state index contributed by atoms with van der Waals surface area (Å²) in [6.45, 7) is 2.00. The van der Waals surface area contributed by atoms with Gasteiger partial charge in [-0.15, -0.1) is 12.4 Å². The average molecular weight is 383 g/mol. The fraction of sp³-hybridized carbons (Fsp3) is 0.600. The van der Waals surface area contributed by atoms with Crippen LogP contribution < -0.4 is 5.32 Å². The van der Waals surface area contributed by atoms with E-state index in [4.69, 9.17) is 11.6 Å². The van der Waals surface area contributed by atoms with Crippen LogP contribution in [0, 0.1) is 11.7 Å². The van der Waals surface area contributed by atoms with Crippen molar-refractivity contribution >= 4 is 34.0 Å². The molecule has 130 valence electrons. The Bertz CT molecular complexity index is 643. The first kappa shape index (κ1) is 18.9. The first-order valence-electron chi connectivity index (χ1n) is 7.67. The summed E-state index contributed by atoms with van der Waals surface area (Å²) in [5.41, 5.74) is 0. The van der Waals surface area contributed by atoms with Crippen molar-refractivity contribution in [2.24, 2.45) is 5.92 Å². The molecule has 2 aliphatic rings. The fourth-order valence-corrected chi connectivity index (χ4v) is 5.40. The number of hydrogen-bond acceptors (Lipinski definition) is 3. The number of halogens is 3. The van der Waals surface area contributed by atoms with Crippen LogP contribution in [0.25, 0.3) is 0 Å². The number of nitrogens with one attached hydrogen (secondary N) is 1. The van der Waals surface area contributed by atoms with E-state index in [2.05, 4.69) is 5.32 Å². The zero-order valence-electron chi connectivity index (χ0n) is 12.7. The molecule has 0 aromatic heterocycles. The molecule has 1 N–H and O–H groups in total. The first-order chi connectivity index (χ1) is 10.5. The van der Waals surface area contributed by atoms with Crippen molar-refractivity contribution in [2.75, 3.05) is 19.6 Å². The third kappa shape index (κ3) is 3.99. The molecule has 0 amide bonds. The summed E-state index contributed by atoms with van der Waals surface area (Å²) >= 11 is 5.95. The Morgan fingerprint density at radius 2 is 1.91 bits per heavy atom. The highest BCUT2D eigenvalue weighted by atomic mass is 35.5. The number of benzene rings is 1. The van der Waals surface area contributed by atoms with Gasteiger partial charge in [0.25, 0.3) is 0 Å². The average Bonchev–Trinajstić information content (AvgIpc) is 3.04. The van der Waals surface area contributed by atoms with E-state index in [1.165, 1.54) is 29.3 Å². The van der Waals surface area contributed by atoms with E-state index < -0.39 is 15.8 Å².